The average molecular weight is 205 g/mol. The summed E-state index contributed by atoms with van der Waals surface area (Å²) in [5.74, 6) is 0.667. The summed E-state index contributed by atoms with van der Waals surface area (Å²) >= 11 is 0. The summed E-state index contributed by atoms with van der Waals surface area (Å²) in [6, 6.07) is 4.21. The standard InChI is InChI=1S/C14H23N/c1-3-4-5-6-7-9-13(2)14-10-8-11-15-12-14/h8,10-13H,3-7,9H2,1-2H3. The van der Waals surface area contributed by atoms with Crippen molar-refractivity contribution in [2.45, 2.75) is 58.3 Å². The minimum Gasteiger partial charge on any atom is -0.264 e. The van der Waals surface area contributed by atoms with Crippen molar-refractivity contribution < 1.29 is 0 Å². The van der Waals surface area contributed by atoms with Crippen LogP contribution in [0.5, 0.6) is 0 Å². The third kappa shape index (κ3) is 4.96. The number of rotatable bonds is 7. The second-order valence-electron chi connectivity index (χ2n) is 4.39. The molecular weight excluding hydrogens is 182 g/mol. The molecule has 1 unspecified atom stereocenters. The minimum absolute atomic E-state index is 0.667. The molecule has 1 aromatic rings. The van der Waals surface area contributed by atoms with Gasteiger partial charge in [-0.25, -0.2) is 0 Å². The van der Waals surface area contributed by atoms with Crippen molar-refractivity contribution in [2.24, 2.45) is 0 Å². The van der Waals surface area contributed by atoms with Gasteiger partial charge in [-0.2, -0.15) is 0 Å². The van der Waals surface area contributed by atoms with Crippen LogP contribution in [0.3, 0.4) is 0 Å². The normalized spacial score (nSPS) is 12.7. The Morgan fingerprint density at radius 1 is 1.20 bits per heavy atom. The van der Waals surface area contributed by atoms with Gasteiger partial charge in [-0.1, -0.05) is 52.0 Å². The van der Waals surface area contributed by atoms with Crippen LogP contribution < -0.4 is 0 Å². The van der Waals surface area contributed by atoms with E-state index in [1.807, 2.05) is 18.5 Å². The Morgan fingerprint density at radius 2 is 2.00 bits per heavy atom. The second kappa shape index (κ2) is 7.44. The first-order valence-corrected chi connectivity index (χ1v) is 6.24. The van der Waals surface area contributed by atoms with Crippen LogP contribution in [-0.4, -0.2) is 4.98 Å². The maximum atomic E-state index is 4.16. The third-order valence-electron chi connectivity index (χ3n) is 2.99. The molecule has 0 amide bonds. The average Bonchev–Trinajstić information content (AvgIpc) is 2.30. The Bertz CT molecular complexity index is 243. The Hall–Kier alpha value is -0.850. The van der Waals surface area contributed by atoms with Crippen molar-refractivity contribution in [2.75, 3.05) is 0 Å². The maximum absolute atomic E-state index is 4.16. The maximum Gasteiger partial charge on any atom is 0.0302 e. The molecule has 0 saturated carbocycles. The molecule has 15 heavy (non-hydrogen) atoms. The number of pyridine rings is 1. The summed E-state index contributed by atoms with van der Waals surface area (Å²) in [7, 11) is 0. The van der Waals surface area contributed by atoms with Crippen molar-refractivity contribution in [3.63, 3.8) is 0 Å². The van der Waals surface area contributed by atoms with Gasteiger partial charge in [0.05, 0.1) is 0 Å². The van der Waals surface area contributed by atoms with Gasteiger partial charge in [0.15, 0.2) is 0 Å². The van der Waals surface area contributed by atoms with E-state index in [0.717, 1.165) is 0 Å². The first-order chi connectivity index (χ1) is 7.34. The molecule has 1 nitrogen and oxygen atoms in total. The van der Waals surface area contributed by atoms with Gasteiger partial charge >= 0.3 is 0 Å². The molecule has 1 aromatic heterocycles. The molecule has 1 atom stereocenters. The molecule has 0 aliphatic carbocycles. The van der Waals surface area contributed by atoms with Gasteiger partial charge in [0.25, 0.3) is 0 Å². The minimum atomic E-state index is 0.667. The second-order valence-corrected chi connectivity index (χ2v) is 4.39. The first-order valence-electron chi connectivity index (χ1n) is 6.24. The van der Waals surface area contributed by atoms with Crippen LogP contribution in [0.2, 0.25) is 0 Å². The van der Waals surface area contributed by atoms with Gasteiger partial charge in [-0.05, 0) is 24.0 Å². The van der Waals surface area contributed by atoms with E-state index in [-0.39, 0.29) is 0 Å². The summed E-state index contributed by atoms with van der Waals surface area (Å²) in [5, 5.41) is 0. The summed E-state index contributed by atoms with van der Waals surface area (Å²) in [6.45, 7) is 4.56. The molecule has 0 bridgehead atoms. The van der Waals surface area contributed by atoms with E-state index in [4.69, 9.17) is 0 Å². The summed E-state index contributed by atoms with van der Waals surface area (Å²) < 4.78 is 0. The summed E-state index contributed by atoms with van der Waals surface area (Å²) in [4.78, 5) is 4.16. The lowest BCUT2D eigenvalue weighted by Gasteiger charge is -2.10. The van der Waals surface area contributed by atoms with E-state index in [1.54, 1.807) is 0 Å². The molecule has 84 valence electrons. The quantitative estimate of drug-likeness (QED) is 0.595. The van der Waals surface area contributed by atoms with Crippen molar-refractivity contribution in [1.82, 2.24) is 4.98 Å². The molecule has 0 saturated heterocycles. The van der Waals surface area contributed by atoms with E-state index >= 15 is 0 Å². The van der Waals surface area contributed by atoms with Crippen molar-refractivity contribution >= 4 is 0 Å². The van der Waals surface area contributed by atoms with Gasteiger partial charge in [0.1, 0.15) is 0 Å². The molecule has 0 aromatic carbocycles. The largest absolute Gasteiger partial charge is 0.264 e. The number of hydrogen-bond donors (Lipinski definition) is 0. The lowest BCUT2D eigenvalue weighted by atomic mass is 9.96. The predicted molar refractivity (Wildman–Crippen MR) is 66.0 cm³/mol. The smallest absolute Gasteiger partial charge is 0.0302 e. The van der Waals surface area contributed by atoms with Gasteiger partial charge in [-0.3, -0.25) is 4.98 Å². The SMILES string of the molecule is CCCCCCCC(C)c1cccnc1. The zero-order chi connectivity index (χ0) is 10.9. The fraction of sp³-hybridized carbons (Fsp3) is 0.643. The molecule has 0 fully saturated rings. The Morgan fingerprint density at radius 3 is 2.67 bits per heavy atom. The van der Waals surface area contributed by atoms with Crippen LogP contribution in [-0.2, 0) is 0 Å². The molecule has 0 spiro atoms. The van der Waals surface area contributed by atoms with E-state index in [0.29, 0.717) is 5.92 Å². The van der Waals surface area contributed by atoms with Crippen LogP contribution in [0.25, 0.3) is 0 Å². The zero-order valence-electron chi connectivity index (χ0n) is 10.1. The summed E-state index contributed by atoms with van der Waals surface area (Å²) in [5.41, 5.74) is 1.38. The highest BCUT2D eigenvalue weighted by Gasteiger charge is 2.04. The van der Waals surface area contributed by atoms with Crippen LogP contribution in [0.15, 0.2) is 24.5 Å². The van der Waals surface area contributed by atoms with Crippen LogP contribution in [0, 0.1) is 0 Å². The number of hydrogen-bond acceptors (Lipinski definition) is 1. The lowest BCUT2D eigenvalue weighted by Crippen LogP contribution is -1.94. The molecule has 0 N–H and O–H groups in total. The van der Waals surface area contributed by atoms with E-state index in [1.165, 1.54) is 44.1 Å². The van der Waals surface area contributed by atoms with Crippen LogP contribution in [0.1, 0.15) is 63.9 Å². The molecule has 1 heterocycles. The first kappa shape index (κ1) is 12.2. The van der Waals surface area contributed by atoms with Gasteiger partial charge < -0.3 is 0 Å². The molecule has 0 aliphatic rings. The third-order valence-corrected chi connectivity index (χ3v) is 2.99. The van der Waals surface area contributed by atoms with E-state index < -0.39 is 0 Å². The monoisotopic (exact) mass is 205 g/mol. The predicted octanol–water partition coefficient (Wildman–Crippen LogP) is 4.55. The Balaban J connectivity index is 2.16. The molecule has 0 aliphatic heterocycles. The highest BCUT2D eigenvalue weighted by molar-refractivity contribution is 5.13. The highest BCUT2D eigenvalue weighted by Crippen LogP contribution is 2.20. The molecular formula is C14H23N. The van der Waals surface area contributed by atoms with Gasteiger partial charge in [0.2, 0.25) is 0 Å². The number of aromatic nitrogens is 1. The molecule has 1 rings (SSSR count). The van der Waals surface area contributed by atoms with E-state index in [2.05, 4.69) is 24.9 Å². The fourth-order valence-electron chi connectivity index (χ4n) is 1.89. The van der Waals surface area contributed by atoms with Gasteiger partial charge in [-0.15, -0.1) is 0 Å². The lowest BCUT2D eigenvalue weighted by molar-refractivity contribution is 0.566. The zero-order valence-corrected chi connectivity index (χ0v) is 10.1. The van der Waals surface area contributed by atoms with Crippen LogP contribution >= 0.6 is 0 Å². The number of nitrogens with zero attached hydrogens (tertiary/aromatic N) is 1. The Labute approximate surface area is 93.9 Å². The van der Waals surface area contributed by atoms with Crippen molar-refractivity contribution in [3.05, 3.63) is 30.1 Å². The number of unbranched alkanes of at least 4 members (excludes halogenated alkanes) is 4. The molecule has 1 heteroatoms. The van der Waals surface area contributed by atoms with Crippen molar-refractivity contribution in [3.8, 4) is 0 Å². The fourth-order valence-corrected chi connectivity index (χ4v) is 1.89. The van der Waals surface area contributed by atoms with Gasteiger partial charge in [0, 0.05) is 12.4 Å². The van der Waals surface area contributed by atoms with Crippen LogP contribution in [0.4, 0.5) is 0 Å². The van der Waals surface area contributed by atoms with E-state index in [9.17, 15) is 0 Å². The van der Waals surface area contributed by atoms with Crippen molar-refractivity contribution in [1.29, 1.82) is 0 Å². The molecule has 0 radical (unpaired) electrons. The Kier molecular flexibility index (Phi) is 6.06. The topological polar surface area (TPSA) is 12.9 Å². The highest BCUT2D eigenvalue weighted by atomic mass is 14.6. The summed E-state index contributed by atoms with van der Waals surface area (Å²) in [6.07, 6.45) is 12.0.